The molecule has 0 bridgehead atoms. The highest BCUT2D eigenvalue weighted by Gasteiger charge is 2.17. The molecule has 1 N–H and O–H groups in total. The molecule has 0 aliphatic heterocycles. The fourth-order valence-corrected chi connectivity index (χ4v) is 1.89. The van der Waals surface area contributed by atoms with Crippen LogP contribution in [0.5, 0.6) is 0 Å². The van der Waals surface area contributed by atoms with Crippen LogP contribution in [0.3, 0.4) is 0 Å². The van der Waals surface area contributed by atoms with Gasteiger partial charge in [-0.15, -0.1) is 0 Å². The normalized spacial score (nSPS) is 11.5. The number of aliphatic carboxylic acids is 1. The highest BCUT2D eigenvalue weighted by atomic mass is 16.6. The Balaban J connectivity index is 2.75. The van der Waals surface area contributed by atoms with Gasteiger partial charge in [-0.05, 0) is 30.5 Å². The van der Waals surface area contributed by atoms with Crippen LogP contribution in [0, 0.1) is 10.1 Å². The number of fused-ring (bicyclic) bond motifs is 1. The van der Waals surface area contributed by atoms with Crippen LogP contribution in [0.4, 0.5) is 5.69 Å². The molecule has 0 fully saturated rings. The Kier molecular flexibility index (Phi) is 3.29. The Morgan fingerprint density at radius 2 is 1.95 bits per heavy atom. The Bertz CT molecular complexity index is 704. The van der Waals surface area contributed by atoms with Gasteiger partial charge < -0.3 is 5.11 Å². The first-order valence-electron chi connectivity index (χ1n) is 5.58. The summed E-state index contributed by atoms with van der Waals surface area (Å²) in [4.78, 5) is 21.5. The van der Waals surface area contributed by atoms with Crippen molar-refractivity contribution >= 4 is 28.5 Å². The summed E-state index contributed by atoms with van der Waals surface area (Å²) in [5.41, 5.74) is 0.278. The van der Waals surface area contributed by atoms with E-state index >= 15 is 0 Å². The molecule has 96 valence electrons. The summed E-state index contributed by atoms with van der Waals surface area (Å²) >= 11 is 0. The molecule has 0 saturated heterocycles. The SMILES string of the molecule is C/C(=C\c1ccc2ccccc2c1[N+](=O)[O-])C(=O)O. The lowest BCUT2D eigenvalue weighted by atomic mass is 10.0. The molecule has 0 aliphatic carbocycles. The Labute approximate surface area is 108 Å². The van der Waals surface area contributed by atoms with Gasteiger partial charge in [-0.25, -0.2) is 4.79 Å². The van der Waals surface area contributed by atoms with Gasteiger partial charge in [0.1, 0.15) is 0 Å². The zero-order valence-corrected chi connectivity index (χ0v) is 10.2. The molecule has 2 aromatic carbocycles. The molecule has 19 heavy (non-hydrogen) atoms. The number of carbonyl (C=O) groups is 1. The van der Waals surface area contributed by atoms with Crippen molar-refractivity contribution in [2.24, 2.45) is 0 Å². The predicted molar refractivity (Wildman–Crippen MR) is 71.9 cm³/mol. The third-order valence-corrected chi connectivity index (χ3v) is 2.82. The molecule has 0 amide bonds. The number of nitro benzene ring substituents is 1. The second-order valence-corrected chi connectivity index (χ2v) is 4.11. The Morgan fingerprint density at radius 1 is 1.26 bits per heavy atom. The van der Waals surface area contributed by atoms with Crippen LogP contribution in [-0.2, 0) is 4.79 Å². The maximum Gasteiger partial charge on any atom is 0.331 e. The summed E-state index contributed by atoms with van der Waals surface area (Å²) in [5, 5.41) is 21.3. The van der Waals surface area contributed by atoms with E-state index in [-0.39, 0.29) is 11.3 Å². The van der Waals surface area contributed by atoms with Gasteiger partial charge in [0.15, 0.2) is 0 Å². The minimum absolute atomic E-state index is 0.0541. The summed E-state index contributed by atoms with van der Waals surface area (Å²) in [7, 11) is 0. The van der Waals surface area contributed by atoms with Gasteiger partial charge in [0.2, 0.25) is 0 Å². The summed E-state index contributed by atoms with van der Waals surface area (Å²) in [5.74, 6) is -1.09. The van der Waals surface area contributed by atoms with Gasteiger partial charge in [0.25, 0.3) is 5.69 Å². The summed E-state index contributed by atoms with van der Waals surface area (Å²) in [6.07, 6.45) is 1.31. The predicted octanol–water partition coefficient (Wildman–Crippen LogP) is 3.24. The zero-order chi connectivity index (χ0) is 14.0. The summed E-state index contributed by atoms with van der Waals surface area (Å²) in [6, 6.07) is 10.2. The largest absolute Gasteiger partial charge is 0.478 e. The molecule has 0 spiro atoms. The molecule has 0 radical (unpaired) electrons. The van der Waals surface area contributed by atoms with Crippen molar-refractivity contribution in [3.8, 4) is 0 Å². The second-order valence-electron chi connectivity index (χ2n) is 4.11. The van der Waals surface area contributed by atoms with E-state index in [4.69, 9.17) is 5.11 Å². The lowest BCUT2D eigenvalue weighted by molar-refractivity contribution is -0.383. The first kappa shape index (κ1) is 12.8. The van der Waals surface area contributed by atoms with E-state index < -0.39 is 10.9 Å². The van der Waals surface area contributed by atoms with Gasteiger partial charge in [0, 0.05) is 5.57 Å². The number of carboxylic acid groups (broad SMARTS) is 1. The maximum absolute atomic E-state index is 11.2. The molecular formula is C14H11NO4. The monoisotopic (exact) mass is 257 g/mol. The number of benzene rings is 2. The summed E-state index contributed by atoms with van der Waals surface area (Å²) < 4.78 is 0. The fourth-order valence-electron chi connectivity index (χ4n) is 1.89. The fraction of sp³-hybridized carbons (Fsp3) is 0.0714. The van der Waals surface area contributed by atoms with Crippen molar-refractivity contribution in [1.29, 1.82) is 0 Å². The van der Waals surface area contributed by atoms with Crippen LogP contribution in [0.1, 0.15) is 12.5 Å². The van der Waals surface area contributed by atoms with Crippen molar-refractivity contribution in [2.45, 2.75) is 6.92 Å². The number of hydrogen-bond donors (Lipinski definition) is 1. The molecule has 0 atom stereocenters. The standard InChI is InChI=1S/C14H11NO4/c1-9(14(16)17)8-11-7-6-10-4-2-3-5-12(10)13(11)15(18)19/h2-8H,1H3,(H,16,17)/b9-8+. The average Bonchev–Trinajstić information content (AvgIpc) is 2.37. The first-order chi connectivity index (χ1) is 9.00. The molecule has 0 unspecified atom stereocenters. The van der Waals surface area contributed by atoms with E-state index in [9.17, 15) is 14.9 Å². The molecule has 0 heterocycles. The molecule has 0 aromatic heterocycles. The van der Waals surface area contributed by atoms with E-state index in [1.165, 1.54) is 13.0 Å². The van der Waals surface area contributed by atoms with Gasteiger partial charge in [0.05, 0.1) is 15.9 Å². The van der Waals surface area contributed by atoms with Crippen molar-refractivity contribution < 1.29 is 14.8 Å². The minimum atomic E-state index is -1.09. The second kappa shape index (κ2) is 4.89. The van der Waals surface area contributed by atoms with Gasteiger partial charge in [-0.1, -0.05) is 24.3 Å². The summed E-state index contributed by atoms with van der Waals surface area (Å²) in [6.45, 7) is 1.40. The molecule has 0 saturated carbocycles. The van der Waals surface area contributed by atoms with Crippen LogP contribution in [0.15, 0.2) is 42.0 Å². The Hall–Kier alpha value is -2.69. The lowest BCUT2D eigenvalue weighted by Crippen LogP contribution is -1.98. The molecule has 0 aliphatic rings. The van der Waals surface area contributed by atoms with E-state index in [0.29, 0.717) is 10.9 Å². The van der Waals surface area contributed by atoms with E-state index in [1.54, 1.807) is 36.4 Å². The minimum Gasteiger partial charge on any atom is -0.478 e. The van der Waals surface area contributed by atoms with Gasteiger partial charge in [-0.2, -0.15) is 0 Å². The van der Waals surface area contributed by atoms with Crippen LogP contribution in [0.2, 0.25) is 0 Å². The first-order valence-corrected chi connectivity index (χ1v) is 5.58. The van der Waals surface area contributed by atoms with Crippen LogP contribution in [0.25, 0.3) is 16.8 Å². The quantitative estimate of drug-likeness (QED) is 0.520. The lowest BCUT2D eigenvalue weighted by Gasteiger charge is -2.03. The van der Waals surface area contributed by atoms with Crippen molar-refractivity contribution in [3.05, 3.63) is 57.6 Å². The molecule has 2 rings (SSSR count). The van der Waals surface area contributed by atoms with Crippen molar-refractivity contribution in [2.75, 3.05) is 0 Å². The third-order valence-electron chi connectivity index (χ3n) is 2.82. The number of nitrogens with zero attached hydrogens (tertiary/aromatic N) is 1. The van der Waals surface area contributed by atoms with Crippen LogP contribution < -0.4 is 0 Å². The van der Waals surface area contributed by atoms with E-state index in [1.807, 2.05) is 0 Å². The third kappa shape index (κ3) is 2.44. The van der Waals surface area contributed by atoms with Crippen LogP contribution >= 0.6 is 0 Å². The molecule has 2 aromatic rings. The highest BCUT2D eigenvalue weighted by Crippen LogP contribution is 2.30. The number of rotatable bonds is 3. The number of nitro groups is 1. The maximum atomic E-state index is 11.2. The highest BCUT2D eigenvalue weighted by molar-refractivity contribution is 5.98. The van der Waals surface area contributed by atoms with Crippen molar-refractivity contribution in [1.82, 2.24) is 0 Å². The van der Waals surface area contributed by atoms with Gasteiger partial charge in [-0.3, -0.25) is 10.1 Å². The molecule has 5 heteroatoms. The Morgan fingerprint density at radius 3 is 2.58 bits per heavy atom. The van der Waals surface area contributed by atoms with Gasteiger partial charge >= 0.3 is 5.97 Å². The molecule has 5 nitrogen and oxygen atoms in total. The topological polar surface area (TPSA) is 80.4 Å². The smallest absolute Gasteiger partial charge is 0.331 e. The molecular weight excluding hydrogens is 246 g/mol. The van der Waals surface area contributed by atoms with E-state index in [0.717, 1.165) is 5.39 Å². The van der Waals surface area contributed by atoms with E-state index in [2.05, 4.69) is 0 Å². The van der Waals surface area contributed by atoms with Crippen molar-refractivity contribution in [3.63, 3.8) is 0 Å². The number of carboxylic acids is 1. The zero-order valence-electron chi connectivity index (χ0n) is 10.2. The average molecular weight is 257 g/mol. The number of hydrogen-bond acceptors (Lipinski definition) is 3. The van der Waals surface area contributed by atoms with Crippen LogP contribution in [-0.4, -0.2) is 16.0 Å².